The summed E-state index contributed by atoms with van der Waals surface area (Å²) in [6.07, 6.45) is -2.67. The number of hydrogen-bond acceptors (Lipinski definition) is 3. The maximum atomic E-state index is 13.5. The number of benzene rings is 2. The van der Waals surface area contributed by atoms with E-state index >= 15 is 0 Å². The van der Waals surface area contributed by atoms with E-state index in [9.17, 15) is 18.0 Å². The van der Waals surface area contributed by atoms with Crippen molar-refractivity contribution in [3.05, 3.63) is 83.2 Å². The van der Waals surface area contributed by atoms with E-state index in [0.29, 0.717) is 13.1 Å². The first-order valence-corrected chi connectivity index (χ1v) is 10.2. The Kier molecular flexibility index (Phi) is 5.62. The van der Waals surface area contributed by atoms with Crippen molar-refractivity contribution in [3.63, 3.8) is 0 Å². The Morgan fingerprint density at radius 1 is 1.06 bits per heavy atom. The number of aromatic nitrogens is 1. The summed E-state index contributed by atoms with van der Waals surface area (Å²) in [6.45, 7) is 0.955. The van der Waals surface area contributed by atoms with Crippen LogP contribution in [0, 0.1) is 0 Å². The Morgan fingerprint density at radius 2 is 1.78 bits per heavy atom. The molecule has 1 aliphatic heterocycles. The van der Waals surface area contributed by atoms with E-state index in [1.807, 2.05) is 61.6 Å². The van der Waals surface area contributed by atoms with Gasteiger partial charge in [-0.15, -0.1) is 0 Å². The second-order valence-corrected chi connectivity index (χ2v) is 7.93. The molecule has 2 aromatic carbocycles. The third-order valence-electron chi connectivity index (χ3n) is 5.78. The molecule has 0 unspecified atom stereocenters. The number of anilines is 1. The zero-order valence-electron chi connectivity index (χ0n) is 18.1. The first-order chi connectivity index (χ1) is 15.2. The number of ether oxygens (including phenoxy) is 1. The summed E-state index contributed by atoms with van der Waals surface area (Å²) in [6, 6.07) is 14.8. The molecule has 0 N–H and O–H groups in total. The summed E-state index contributed by atoms with van der Waals surface area (Å²) in [5.74, 6) is -0.760. The highest BCUT2D eigenvalue weighted by Crippen LogP contribution is 2.38. The number of carbonyl (C=O) groups excluding carboxylic acids is 1. The van der Waals surface area contributed by atoms with Crippen LogP contribution >= 0.6 is 0 Å². The largest absolute Gasteiger partial charge is 0.496 e. The van der Waals surface area contributed by atoms with Crippen LogP contribution < -0.4 is 9.64 Å². The molecule has 5 nitrogen and oxygen atoms in total. The molecule has 1 aromatic heterocycles. The van der Waals surface area contributed by atoms with Crippen LogP contribution in [-0.4, -0.2) is 43.1 Å². The third-order valence-corrected chi connectivity index (χ3v) is 5.78. The number of alkyl halides is 3. The summed E-state index contributed by atoms with van der Waals surface area (Å²) >= 11 is 0. The maximum Gasteiger partial charge on any atom is 0.419 e. The van der Waals surface area contributed by atoms with Crippen LogP contribution in [0.5, 0.6) is 5.75 Å². The van der Waals surface area contributed by atoms with Crippen molar-refractivity contribution in [2.75, 3.05) is 32.6 Å². The van der Waals surface area contributed by atoms with Crippen molar-refractivity contribution in [1.82, 2.24) is 9.47 Å². The second-order valence-electron chi connectivity index (χ2n) is 7.93. The summed E-state index contributed by atoms with van der Waals surface area (Å²) in [5.41, 5.74) is 1.86. The van der Waals surface area contributed by atoms with E-state index in [1.54, 1.807) is 4.90 Å². The van der Waals surface area contributed by atoms with E-state index in [4.69, 9.17) is 4.74 Å². The van der Waals surface area contributed by atoms with Gasteiger partial charge in [-0.1, -0.05) is 12.1 Å². The average Bonchev–Trinajstić information content (AvgIpc) is 3.26. The van der Waals surface area contributed by atoms with Gasteiger partial charge in [0.15, 0.2) is 0 Å². The molecule has 2 heterocycles. The minimum absolute atomic E-state index is 0.0203. The fourth-order valence-corrected chi connectivity index (χ4v) is 4.14. The number of rotatable bonds is 4. The van der Waals surface area contributed by atoms with Crippen LogP contribution in [-0.2, 0) is 12.7 Å². The Bertz CT molecular complexity index is 1120. The lowest BCUT2D eigenvalue weighted by Crippen LogP contribution is -2.42. The molecule has 3 aromatic rings. The van der Waals surface area contributed by atoms with Crippen LogP contribution in [0.15, 0.2) is 60.8 Å². The fraction of sp³-hybridized carbons (Fsp3) is 0.292. The first-order valence-electron chi connectivity index (χ1n) is 10.2. The van der Waals surface area contributed by atoms with Gasteiger partial charge in [-0.05, 0) is 48.0 Å². The average molecular weight is 443 g/mol. The number of halogens is 3. The standard InChI is InChI=1S/C24H24F3N3O2/c1-28(2)18-9-6-16(7-10-18)22-20-5-4-12-29(20)13-14-30(22)23(31)17-8-11-21(32-3)19(15-17)24(25,26)27/h4-12,15,22H,13-14H2,1-3H3/t22-/m0/s1. The molecule has 0 bridgehead atoms. The van der Waals surface area contributed by atoms with Gasteiger partial charge in [-0.3, -0.25) is 4.79 Å². The monoisotopic (exact) mass is 443 g/mol. The normalized spacial score (nSPS) is 15.9. The minimum Gasteiger partial charge on any atom is -0.496 e. The van der Waals surface area contributed by atoms with Crippen molar-refractivity contribution in [1.29, 1.82) is 0 Å². The topological polar surface area (TPSA) is 37.7 Å². The summed E-state index contributed by atoms with van der Waals surface area (Å²) in [4.78, 5) is 17.1. The number of fused-ring (bicyclic) bond motifs is 1. The maximum absolute atomic E-state index is 13.5. The van der Waals surface area contributed by atoms with Gasteiger partial charge >= 0.3 is 6.18 Å². The lowest BCUT2D eigenvalue weighted by Gasteiger charge is -2.37. The Hall–Kier alpha value is -3.42. The Labute approximate surface area is 184 Å². The van der Waals surface area contributed by atoms with Crippen molar-refractivity contribution in [3.8, 4) is 5.75 Å². The summed E-state index contributed by atoms with van der Waals surface area (Å²) in [7, 11) is 5.06. The molecular formula is C24H24F3N3O2. The van der Waals surface area contributed by atoms with E-state index < -0.39 is 23.7 Å². The zero-order chi connectivity index (χ0) is 23.0. The molecule has 0 saturated heterocycles. The number of nitrogens with zero attached hydrogens (tertiary/aromatic N) is 3. The van der Waals surface area contributed by atoms with E-state index in [1.165, 1.54) is 19.2 Å². The van der Waals surface area contributed by atoms with Crippen LogP contribution in [0.2, 0.25) is 0 Å². The van der Waals surface area contributed by atoms with Gasteiger partial charge in [0.05, 0.1) is 18.7 Å². The predicted molar refractivity (Wildman–Crippen MR) is 116 cm³/mol. The molecule has 4 rings (SSSR count). The van der Waals surface area contributed by atoms with Crippen molar-refractivity contribution in [2.24, 2.45) is 0 Å². The van der Waals surface area contributed by atoms with Crippen LogP contribution in [0.1, 0.15) is 33.2 Å². The predicted octanol–water partition coefficient (Wildman–Crippen LogP) is 4.83. The fourth-order valence-electron chi connectivity index (χ4n) is 4.14. The lowest BCUT2D eigenvalue weighted by molar-refractivity contribution is -0.138. The third kappa shape index (κ3) is 3.92. The smallest absolute Gasteiger partial charge is 0.419 e. The number of carbonyl (C=O) groups is 1. The molecule has 8 heteroatoms. The minimum atomic E-state index is -4.63. The Morgan fingerprint density at radius 3 is 2.41 bits per heavy atom. The molecule has 0 spiro atoms. The van der Waals surface area contributed by atoms with Gasteiger partial charge in [-0.2, -0.15) is 13.2 Å². The molecule has 32 heavy (non-hydrogen) atoms. The van der Waals surface area contributed by atoms with Crippen LogP contribution in [0.4, 0.5) is 18.9 Å². The highest BCUT2D eigenvalue weighted by molar-refractivity contribution is 5.95. The van der Waals surface area contributed by atoms with Gasteiger partial charge in [0, 0.05) is 50.3 Å². The highest BCUT2D eigenvalue weighted by atomic mass is 19.4. The molecule has 1 amide bonds. The molecule has 1 atom stereocenters. The van der Waals surface area contributed by atoms with Crippen molar-refractivity contribution in [2.45, 2.75) is 18.8 Å². The lowest BCUT2D eigenvalue weighted by atomic mass is 9.98. The van der Waals surface area contributed by atoms with E-state index in [-0.39, 0.29) is 11.3 Å². The Balaban J connectivity index is 1.75. The SMILES string of the molecule is COc1ccc(C(=O)N2CCn3cccc3[C@@H]2c2ccc(N(C)C)cc2)cc1C(F)(F)F. The molecule has 0 radical (unpaired) electrons. The molecule has 0 aliphatic carbocycles. The zero-order valence-corrected chi connectivity index (χ0v) is 18.1. The molecule has 0 saturated carbocycles. The van der Waals surface area contributed by atoms with E-state index in [0.717, 1.165) is 23.0 Å². The molecule has 1 aliphatic rings. The second kappa shape index (κ2) is 8.26. The summed E-state index contributed by atoms with van der Waals surface area (Å²) < 4.78 is 47.5. The van der Waals surface area contributed by atoms with E-state index in [2.05, 4.69) is 4.57 Å². The molecule has 168 valence electrons. The first kappa shape index (κ1) is 21.8. The molecular weight excluding hydrogens is 419 g/mol. The summed E-state index contributed by atoms with van der Waals surface area (Å²) in [5, 5.41) is 0. The van der Waals surface area contributed by atoms with Crippen LogP contribution in [0.3, 0.4) is 0 Å². The molecule has 0 fully saturated rings. The van der Waals surface area contributed by atoms with Gasteiger partial charge in [0.2, 0.25) is 0 Å². The quantitative estimate of drug-likeness (QED) is 0.580. The van der Waals surface area contributed by atoms with Crippen LogP contribution in [0.25, 0.3) is 0 Å². The van der Waals surface area contributed by atoms with Crippen molar-refractivity contribution < 1.29 is 22.7 Å². The van der Waals surface area contributed by atoms with Crippen molar-refractivity contribution >= 4 is 11.6 Å². The highest BCUT2D eigenvalue weighted by Gasteiger charge is 2.37. The number of hydrogen-bond donors (Lipinski definition) is 0. The number of methoxy groups -OCH3 is 1. The van der Waals surface area contributed by atoms with Gasteiger partial charge in [-0.25, -0.2) is 0 Å². The van der Waals surface area contributed by atoms with Gasteiger partial charge < -0.3 is 19.1 Å². The number of amides is 1. The van der Waals surface area contributed by atoms with Gasteiger partial charge in [0.25, 0.3) is 5.91 Å². The van der Waals surface area contributed by atoms with Gasteiger partial charge in [0.1, 0.15) is 5.75 Å².